The highest BCUT2D eigenvalue weighted by molar-refractivity contribution is 7.88. The lowest BCUT2D eigenvalue weighted by Gasteiger charge is -2.37. The smallest absolute Gasteiger partial charge is 0.208 e. The van der Waals surface area contributed by atoms with Crippen molar-refractivity contribution in [1.82, 2.24) is 14.9 Å². The molecule has 8 heteroatoms. The number of nitrogens with zero attached hydrogens (tertiary/aromatic N) is 3. The van der Waals surface area contributed by atoms with Crippen LogP contribution in [0.2, 0.25) is 0 Å². The molecule has 128 valence electrons. The molecule has 2 rings (SSSR count). The van der Waals surface area contributed by atoms with E-state index in [1.165, 1.54) is 5.69 Å². The molecular weight excluding hydrogens is 314 g/mol. The molecule has 7 nitrogen and oxygen atoms in total. The van der Waals surface area contributed by atoms with E-state index >= 15 is 0 Å². The van der Waals surface area contributed by atoms with E-state index in [1.54, 1.807) is 7.05 Å². The molecule has 1 aromatic rings. The van der Waals surface area contributed by atoms with Gasteiger partial charge in [0.05, 0.1) is 6.26 Å². The lowest BCUT2D eigenvalue weighted by atomic mass is 10.2. The van der Waals surface area contributed by atoms with Gasteiger partial charge < -0.3 is 15.1 Å². The number of aliphatic imine (C=N–C) groups is 1. The van der Waals surface area contributed by atoms with Gasteiger partial charge in [-0.1, -0.05) is 18.2 Å². The average Bonchev–Trinajstić information content (AvgIpc) is 2.55. The molecule has 1 saturated heterocycles. The summed E-state index contributed by atoms with van der Waals surface area (Å²) < 4.78 is 24.5. The second kappa shape index (κ2) is 8.16. The van der Waals surface area contributed by atoms with Crippen molar-refractivity contribution in [2.45, 2.75) is 0 Å². The molecular formula is C15H25N5O2S. The fourth-order valence-corrected chi connectivity index (χ4v) is 3.03. The SMILES string of the molecule is CN=C(NCCNS(C)(=O)=O)N1CCN(c2ccccc2)CC1. The Balaban J connectivity index is 1.78. The first-order chi connectivity index (χ1) is 11.0. The van der Waals surface area contributed by atoms with Gasteiger partial charge in [0.15, 0.2) is 5.96 Å². The van der Waals surface area contributed by atoms with Crippen LogP contribution in [0.3, 0.4) is 0 Å². The van der Waals surface area contributed by atoms with Gasteiger partial charge in [-0.2, -0.15) is 0 Å². The van der Waals surface area contributed by atoms with Gasteiger partial charge in [0.1, 0.15) is 0 Å². The van der Waals surface area contributed by atoms with Gasteiger partial charge in [-0.3, -0.25) is 4.99 Å². The second-order valence-corrected chi connectivity index (χ2v) is 7.28. The number of anilines is 1. The summed E-state index contributed by atoms with van der Waals surface area (Å²) in [5.41, 5.74) is 1.24. The van der Waals surface area contributed by atoms with Gasteiger partial charge in [0.25, 0.3) is 0 Å². The highest BCUT2D eigenvalue weighted by Gasteiger charge is 2.19. The first kappa shape index (κ1) is 17.6. The van der Waals surface area contributed by atoms with Gasteiger partial charge in [-0.05, 0) is 12.1 Å². The zero-order chi connectivity index (χ0) is 16.7. The van der Waals surface area contributed by atoms with Crippen LogP contribution in [0.25, 0.3) is 0 Å². The largest absolute Gasteiger partial charge is 0.368 e. The second-order valence-electron chi connectivity index (χ2n) is 5.45. The summed E-state index contributed by atoms with van der Waals surface area (Å²) >= 11 is 0. The minimum atomic E-state index is -3.14. The van der Waals surface area contributed by atoms with Crippen LogP contribution in [0.15, 0.2) is 35.3 Å². The number of guanidine groups is 1. The van der Waals surface area contributed by atoms with Crippen molar-refractivity contribution < 1.29 is 8.42 Å². The van der Waals surface area contributed by atoms with Crippen molar-refractivity contribution in [3.8, 4) is 0 Å². The van der Waals surface area contributed by atoms with Gasteiger partial charge in [-0.15, -0.1) is 0 Å². The molecule has 0 aliphatic carbocycles. The molecule has 0 atom stereocenters. The average molecular weight is 339 g/mol. The summed E-state index contributed by atoms with van der Waals surface area (Å²) in [6, 6.07) is 10.4. The highest BCUT2D eigenvalue weighted by Crippen LogP contribution is 2.15. The van der Waals surface area contributed by atoms with Crippen LogP contribution in [0.4, 0.5) is 5.69 Å². The fraction of sp³-hybridized carbons (Fsp3) is 0.533. The number of sulfonamides is 1. The standard InChI is InChI=1S/C15H25N5O2S/c1-16-15(17-8-9-18-23(2,21)22)20-12-10-19(11-13-20)14-6-4-3-5-7-14/h3-7,18H,8-13H2,1-2H3,(H,16,17). The van der Waals surface area contributed by atoms with E-state index < -0.39 is 10.0 Å². The molecule has 23 heavy (non-hydrogen) atoms. The molecule has 0 amide bonds. The van der Waals surface area contributed by atoms with E-state index in [0.717, 1.165) is 38.4 Å². The minimum Gasteiger partial charge on any atom is -0.368 e. The van der Waals surface area contributed by atoms with E-state index in [1.807, 2.05) is 6.07 Å². The summed E-state index contributed by atoms with van der Waals surface area (Å²) in [7, 11) is -1.40. The Morgan fingerprint density at radius 2 is 1.78 bits per heavy atom. The predicted molar refractivity (Wildman–Crippen MR) is 94.4 cm³/mol. The molecule has 0 radical (unpaired) electrons. The van der Waals surface area contributed by atoms with E-state index in [2.05, 4.69) is 49.1 Å². The predicted octanol–water partition coefficient (Wildman–Crippen LogP) is -0.0668. The summed E-state index contributed by atoms with van der Waals surface area (Å²) in [6.07, 6.45) is 1.16. The maximum absolute atomic E-state index is 11.0. The monoisotopic (exact) mass is 339 g/mol. The number of benzene rings is 1. The van der Waals surface area contributed by atoms with Gasteiger partial charge >= 0.3 is 0 Å². The van der Waals surface area contributed by atoms with Crippen molar-refractivity contribution >= 4 is 21.7 Å². The molecule has 0 spiro atoms. The Labute approximate surface area is 138 Å². The number of rotatable bonds is 5. The maximum atomic E-state index is 11.0. The maximum Gasteiger partial charge on any atom is 0.208 e. The van der Waals surface area contributed by atoms with Crippen LogP contribution >= 0.6 is 0 Å². The van der Waals surface area contributed by atoms with Crippen LogP contribution in [0.1, 0.15) is 0 Å². The number of hydrogen-bond donors (Lipinski definition) is 2. The number of nitrogens with one attached hydrogen (secondary N) is 2. The zero-order valence-corrected chi connectivity index (χ0v) is 14.5. The summed E-state index contributed by atoms with van der Waals surface area (Å²) in [5.74, 6) is 0.813. The lowest BCUT2D eigenvalue weighted by Crippen LogP contribution is -2.53. The van der Waals surface area contributed by atoms with Crippen LogP contribution in [-0.4, -0.2) is 71.8 Å². The quantitative estimate of drug-likeness (QED) is 0.446. The zero-order valence-electron chi connectivity index (χ0n) is 13.7. The first-order valence-corrected chi connectivity index (χ1v) is 9.59. The van der Waals surface area contributed by atoms with E-state index in [9.17, 15) is 8.42 Å². The highest BCUT2D eigenvalue weighted by atomic mass is 32.2. The van der Waals surface area contributed by atoms with Crippen molar-refractivity contribution in [1.29, 1.82) is 0 Å². The molecule has 1 heterocycles. The number of para-hydroxylation sites is 1. The Morgan fingerprint density at radius 3 is 2.35 bits per heavy atom. The fourth-order valence-electron chi connectivity index (χ4n) is 2.56. The summed E-state index contributed by atoms with van der Waals surface area (Å²) in [4.78, 5) is 8.83. The molecule has 0 bridgehead atoms. The van der Waals surface area contributed by atoms with Crippen LogP contribution in [-0.2, 0) is 10.0 Å². The summed E-state index contributed by atoms with van der Waals surface area (Å²) in [6.45, 7) is 4.50. The topological polar surface area (TPSA) is 77.0 Å². The van der Waals surface area contributed by atoms with Crippen LogP contribution < -0.4 is 14.9 Å². The van der Waals surface area contributed by atoms with Crippen molar-refractivity contribution in [2.24, 2.45) is 4.99 Å². The van der Waals surface area contributed by atoms with Gasteiger partial charge in [-0.25, -0.2) is 13.1 Å². The van der Waals surface area contributed by atoms with Crippen molar-refractivity contribution in [2.75, 3.05) is 57.5 Å². The molecule has 2 N–H and O–H groups in total. The molecule has 1 fully saturated rings. The lowest BCUT2D eigenvalue weighted by molar-refractivity contribution is 0.373. The molecule has 1 aliphatic rings. The van der Waals surface area contributed by atoms with Gasteiger partial charge in [0, 0.05) is 52.0 Å². The van der Waals surface area contributed by atoms with E-state index in [0.29, 0.717) is 13.1 Å². The van der Waals surface area contributed by atoms with Crippen LogP contribution in [0.5, 0.6) is 0 Å². The summed E-state index contributed by atoms with van der Waals surface area (Å²) in [5, 5.41) is 3.20. The first-order valence-electron chi connectivity index (χ1n) is 7.70. The van der Waals surface area contributed by atoms with E-state index in [4.69, 9.17) is 0 Å². The Kier molecular flexibility index (Phi) is 6.23. The molecule has 1 aliphatic heterocycles. The third-order valence-electron chi connectivity index (χ3n) is 3.68. The Hall–Kier alpha value is -1.80. The third kappa shape index (κ3) is 5.72. The van der Waals surface area contributed by atoms with Crippen molar-refractivity contribution in [3.05, 3.63) is 30.3 Å². The Morgan fingerprint density at radius 1 is 1.13 bits per heavy atom. The third-order valence-corrected chi connectivity index (χ3v) is 4.41. The van der Waals surface area contributed by atoms with Crippen LogP contribution in [0, 0.1) is 0 Å². The van der Waals surface area contributed by atoms with Crippen molar-refractivity contribution in [3.63, 3.8) is 0 Å². The molecule has 1 aromatic carbocycles. The normalized spacial score (nSPS) is 16.5. The number of piperazine rings is 1. The Bertz CT molecular complexity index is 610. The molecule has 0 saturated carbocycles. The molecule has 0 unspecified atom stereocenters. The minimum absolute atomic E-state index is 0.349. The molecule has 0 aromatic heterocycles. The number of hydrogen-bond acceptors (Lipinski definition) is 4. The van der Waals surface area contributed by atoms with E-state index in [-0.39, 0.29) is 0 Å². The van der Waals surface area contributed by atoms with Gasteiger partial charge in [0.2, 0.25) is 10.0 Å².